The lowest BCUT2D eigenvalue weighted by Crippen LogP contribution is -2.46. The Balaban J connectivity index is 1.80. The summed E-state index contributed by atoms with van der Waals surface area (Å²) in [7, 11) is 0. The second kappa shape index (κ2) is 7.03. The Morgan fingerprint density at radius 1 is 1.40 bits per heavy atom. The van der Waals surface area contributed by atoms with Crippen molar-refractivity contribution in [3.63, 3.8) is 0 Å². The van der Waals surface area contributed by atoms with Crippen molar-refractivity contribution >= 4 is 11.8 Å². The number of nitrogens with one attached hydrogen (secondary N) is 1. The second-order valence-corrected chi connectivity index (χ2v) is 5.12. The number of piperidine rings is 1. The molecule has 0 spiro atoms. The van der Waals surface area contributed by atoms with Crippen molar-refractivity contribution in [1.82, 2.24) is 15.2 Å². The van der Waals surface area contributed by atoms with Crippen molar-refractivity contribution in [2.45, 2.75) is 38.6 Å². The van der Waals surface area contributed by atoms with Gasteiger partial charge in [0.25, 0.3) is 5.91 Å². The van der Waals surface area contributed by atoms with E-state index in [1.54, 1.807) is 24.5 Å². The number of aromatic nitrogens is 1. The van der Waals surface area contributed by atoms with Crippen LogP contribution in [0.5, 0.6) is 0 Å². The topological polar surface area (TPSA) is 62.3 Å². The second-order valence-electron chi connectivity index (χ2n) is 5.12. The van der Waals surface area contributed by atoms with Crippen LogP contribution in [0.3, 0.4) is 0 Å². The van der Waals surface area contributed by atoms with E-state index in [2.05, 4.69) is 10.3 Å². The maximum atomic E-state index is 12.0. The minimum atomic E-state index is -0.0866. The summed E-state index contributed by atoms with van der Waals surface area (Å²) >= 11 is 0. The monoisotopic (exact) mass is 275 g/mol. The molecule has 0 saturated carbocycles. The molecule has 1 aliphatic rings. The highest BCUT2D eigenvalue weighted by Crippen LogP contribution is 2.12. The van der Waals surface area contributed by atoms with Crippen molar-refractivity contribution in [3.05, 3.63) is 30.1 Å². The summed E-state index contributed by atoms with van der Waals surface area (Å²) in [6.07, 6.45) is 6.36. The molecule has 0 atom stereocenters. The van der Waals surface area contributed by atoms with Crippen molar-refractivity contribution in [2.75, 3.05) is 13.1 Å². The molecular weight excluding hydrogens is 254 g/mol. The number of likely N-dealkylation sites (tertiary alicyclic amines) is 1. The van der Waals surface area contributed by atoms with E-state index in [1.807, 2.05) is 11.8 Å². The van der Waals surface area contributed by atoms with Gasteiger partial charge in [-0.1, -0.05) is 6.92 Å². The Morgan fingerprint density at radius 2 is 2.15 bits per heavy atom. The van der Waals surface area contributed by atoms with E-state index in [1.165, 1.54) is 0 Å². The molecule has 1 aromatic rings. The predicted octanol–water partition coefficient (Wildman–Crippen LogP) is 1.60. The van der Waals surface area contributed by atoms with Gasteiger partial charge in [-0.15, -0.1) is 0 Å². The van der Waals surface area contributed by atoms with Crippen LogP contribution >= 0.6 is 0 Å². The fourth-order valence-corrected chi connectivity index (χ4v) is 2.41. The van der Waals surface area contributed by atoms with Gasteiger partial charge in [-0.05, 0) is 31.4 Å². The molecule has 1 aliphatic heterocycles. The molecule has 1 N–H and O–H groups in total. The molecule has 0 aromatic carbocycles. The molecule has 20 heavy (non-hydrogen) atoms. The van der Waals surface area contributed by atoms with E-state index in [0.717, 1.165) is 32.4 Å². The summed E-state index contributed by atoms with van der Waals surface area (Å²) in [5.41, 5.74) is 0.581. The zero-order chi connectivity index (χ0) is 14.4. The van der Waals surface area contributed by atoms with Crippen LogP contribution < -0.4 is 5.32 Å². The summed E-state index contributed by atoms with van der Waals surface area (Å²) < 4.78 is 0. The van der Waals surface area contributed by atoms with Crippen LogP contribution in [0, 0.1) is 0 Å². The fourth-order valence-electron chi connectivity index (χ4n) is 2.41. The summed E-state index contributed by atoms with van der Waals surface area (Å²) in [5, 5.41) is 3.01. The number of rotatable bonds is 4. The first-order chi connectivity index (χ1) is 9.70. The van der Waals surface area contributed by atoms with Gasteiger partial charge in [0.15, 0.2) is 0 Å². The van der Waals surface area contributed by atoms with E-state index >= 15 is 0 Å². The van der Waals surface area contributed by atoms with Gasteiger partial charge in [0.2, 0.25) is 5.91 Å². The number of carbonyl (C=O) groups is 2. The zero-order valence-corrected chi connectivity index (χ0v) is 11.8. The summed E-state index contributed by atoms with van der Waals surface area (Å²) in [6, 6.07) is 3.65. The van der Waals surface area contributed by atoms with Crippen molar-refractivity contribution in [2.24, 2.45) is 0 Å². The standard InChI is InChI=1S/C15H21N3O2/c1-2-4-14(19)18-9-6-13(7-10-18)17-15(20)12-5-3-8-16-11-12/h3,5,8,11,13H,2,4,6-7,9-10H2,1H3,(H,17,20). The number of nitrogens with zero attached hydrogens (tertiary/aromatic N) is 2. The average Bonchev–Trinajstić information content (AvgIpc) is 2.49. The zero-order valence-electron chi connectivity index (χ0n) is 11.8. The Bertz CT molecular complexity index is 453. The molecule has 5 nitrogen and oxygen atoms in total. The lowest BCUT2D eigenvalue weighted by molar-refractivity contribution is -0.132. The van der Waals surface area contributed by atoms with Gasteiger partial charge in [0.1, 0.15) is 0 Å². The van der Waals surface area contributed by atoms with Crippen LogP contribution in [0.2, 0.25) is 0 Å². The fraction of sp³-hybridized carbons (Fsp3) is 0.533. The Morgan fingerprint density at radius 3 is 2.75 bits per heavy atom. The van der Waals surface area contributed by atoms with Gasteiger partial charge in [0, 0.05) is 37.9 Å². The number of amides is 2. The molecule has 2 rings (SSSR count). The first-order valence-electron chi connectivity index (χ1n) is 7.19. The van der Waals surface area contributed by atoms with E-state index in [9.17, 15) is 9.59 Å². The van der Waals surface area contributed by atoms with Crippen LogP contribution in [0.4, 0.5) is 0 Å². The molecule has 1 saturated heterocycles. The minimum Gasteiger partial charge on any atom is -0.349 e. The van der Waals surface area contributed by atoms with Gasteiger partial charge < -0.3 is 10.2 Å². The van der Waals surface area contributed by atoms with Gasteiger partial charge in [-0.2, -0.15) is 0 Å². The summed E-state index contributed by atoms with van der Waals surface area (Å²) in [5.74, 6) is 0.140. The van der Waals surface area contributed by atoms with Crippen molar-refractivity contribution < 1.29 is 9.59 Å². The van der Waals surface area contributed by atoms with Crippen LogP contribution in [0.25, 0.3) is 0 Å². The highest BCUT2D eigenvalue weighted by atomic mass is 16.2. The van der Waals surface area contributed by atoms with Crippen molar-refractivity contribution in [3.8, 4) is 0 Å². The SMILES string of the molecule is CCCC(=O)N1CCC(NC(=O)c2cccnc2)CC1. The summed E-state index contributed by atoms with van der Waals surface area (Å²) in [6.45, 7) is 3.48. The Kier molecular flexibility index (Phi) is 5.09. The predicted molar refractivity (Wildman–Crippen MR) is 76.2 cm³/mol. The normalized spacial score (nSPS) is 15.9. The third-order valence-corrected chi connectivity index (χ3v) is 3.57. The molecule has 5 heteroatoms. The van der Waals surface area contributed by atoms with Gasteiger partial charge in [-0.3, -0.25) is 14.6 Å². The first-order valence-corrected chi connectivity index (χ1v) is 7.19. The van der Waals surface area contributed by atoms with Crippen molar-refractivity contribution in [1.29, 1.82) is 0 Å². The maximum Gasteiger partial charge on any atom is 0.253 e. The quantitative estimate of drug-likeness (QED) is 0.908. The average molecular weight is 275 g/mol. The molecule has 1 fully saturated rings. The highest BCUT2D eigenvalue weighted by Gasteiger charge is 2.23. The van der Waals surface area contributed by atoms with E-state index in [-0.39, 0.29) is 17.9 Å². The minimum absolute atomic E-state index is 0.0866. The van der Waals surface area contributed by atoms with E-state index in [0.29, 0.717) is 12.0 Å². The van der Waals surface area contributed by atoms with Gasteiger partial charge in [-0.25, -0.2) is 0 Å². The van der Waals surface area contributed by atoms with E-state index in [4.69, 9.17) is 0 Å². The largest absolute Gasteiger partial charge is 0.349 e. The Hall–Kier alpha value is -1.91. The number of hydrogen-bond donors (Lipinski definition) is 1. The molecule has 0 bridgehead atoms. The number of pyridine rings is 1. The van der Waals surface area contributed by atoms with E-state index < -0.39 is 0 Å². The maximum absolute atomic E-state index is 12.0. The highest BCUT2D eigenvalue weighted by molar-refractivity contribution is 5.94. The number of carbonyl (C=O) groups excluding carboxylic acids is 2. The molecule has 0 radical (unpaired) electrons. The summed E-state index contributed by atoms with van der Waals surface area (Å²) in [4.78, 5) is 29.6. The van der Waals surface area contributed by atoms with Crippen LogP contribution in [0.15, 0.2) is 24.5 Å². The van der Waals surface area contributed by atoms with Crippen LogP contribution in [-0.2, 0) is 4.79 Å². The lowest BCUT2D eigenvalue weighted by atomic mass is 10.0. The molecule has 108 valence electrons. The van der Waals surface area contributed by atoms with Crippen LogP contribution in [-0.4, -0.2) is 40.8 Å². The third-order valence-electron chi connectivity index (χ3n) is 3.57. The molecule has 0 unspecified atom stereocenters. The lowest BCUT2D eigenvalue weighted by Gasteiger charge is -2.32. The molecule has 2 amide bonds. The van der Waals surface area contributed by atoms with Gasteiger partial charge in [0.05, 0.1) is 5.56 Å². The van der Waals surface area contributed by atoms with Gasteiger partial charge >= 0.3 is 0 Å². The van der Waals surface area contributed by atoms with Crippen LogP contribution in [0.1, 0.15) is 43.0 Å². The molecule has 2 heterocycles. The first kappa shape index (κ1) is 14.5. The molecular formula is C15H21N3O2. The molecule has 1 aromatic heterocycles. The smallest absolute Gasteiger partial charge is 0.253 e. The molecule has 0 aliphatic carbocycles. The third kappa shape index (κ3) is 3.79. The Labute approximate surface area is 119 Å². The number of hydrogen-bond acceptors (Lipinski definition) is 3.